The molecule has 0 unspecified atom stereocenters. The Hall–Kier alpha value is -2.42. The third-order valence-corrected chi connectivity index (χ3v) is 7.08. The van der Waals surface area contributed by atoms with E-state index in [2.05, 4.69) is 9.62 Å². The lowest BCUT2D eigenvalue weighted by Crippen LogP contribution is -2.39. The standard InChI is InChI=1S/C22H27N3O4S/c1-24(21(17-5-3-2-4-6-17)14-25-10-9-19(26)13-25)22(27)12-16-7-8-20-18(11-16)15-30(28,29)23-20/h2-8,11,19,21,23,26H,9-10,12-15H2,1H3/t19-,21-/m1/s1. The Bertz CT molecular complexity index is 1030. The highest BCUT2D eigenvalue weighted by atomic mass is 32.2. The van der Waals surface area contributed by atoms with Gasteiger partial charge in [-0.1, -0.05) is 42.5 Å². The Morgan fingerprint density at radius 1 is 1.27 bits per heavy atom. The Morgan fingerprint density at radius 2 is 2.03 bits per heavy atom. The van der Waals surface area contributed by atoms with Gasteiger partial charge in [-0.05, 0) is 29.2 Å². The number of fused-ring (bicyclic) bond motifs is 1. The van der Waals surface area contributed by atoms with Crippen LogP contribution in [0.25, 0.3) is 0 Å². The van der Waals surface area contributed by atoms with E-state index in [0.29, 0.717) is 24.3 Å². The first-order valence-electron chi connectivity index (χ1n) is 10.1. The van der Waals surface area contributed by atoms with Gasteiger partial charge in [0.2, 0.25) is 15.9 Å². The van der Waals surface area contributed by atoms with E-state index in [0.717, 1.165) is 24.1 Å². The molecule has 1 amide bonds. The van der Waals surface area contributed by atoms with Gasteiger partial charge in [0.25, 0.3) is 0 Å². The fraction of sp³-hybridized carbons (Fsp3) is 0.409. The monoisotopic (exact) mass is 429 g/mol. The summed E-state index contributed by atoms with van der Waals surface area (Å²) in [6, 6.07) is 15.1. The van der Waals surface area contributed by atoms with Gasteiger partial charge in [-0.25, -0.2) is 8.42 Å². The first-order chi connectivity index (χ1) is 14.3. The van der Waals surface area contributed by atoms with Crippen molar-refractivity contribution >= 4 is 21.6 Å². The molecular weight excluding hydrogens is 402 g/mol. The van der Waals surface area contributed by atoms with Crippen molar-refractivity contribution in [1.82, 2.24) is 9.80 Å². The predicted molar refractivity (Wildman–Crippen MR) is 115 cm³/mol. The van der Waals surface area contributed by atoms with E-state index in [1.807, 2.05) is 37.4 Å². The number of anilines is 1. The van der Waals surface area contributed by atoms with Gasteiger partial charge in [-0.3, -0.25) is 14.4 Å². The van der Waals surface area contributed by atoms with E-state index in [4.69, 9.17) is 0 Å². The molecule has 0 aliphatic carbocycles. The summed E-state index contributed by atoms with van der Waals surface area (Å²) in [6.45, 7) is 2.10. The van der Waals surface area contributed by atoms with Crippen LogP contribution in [-0.2, 0) is 27.0 Å². The van der Waals surface area contributed by atoms with Gasteiger partial charge < -0.3 is 10.0 Å². The van der Waals surface area contributed by atoms with Crippen LogP contribution >= 0.6 is 0 Å². The number of aliphatic hydroxyl groups is 1. The number of nitrogens with zero attached hydrogens (tertiary/aromatic N) is 2. The summed E-state index contributed by atoms with van der Waals surface area (Å²) in [5, 5.41) is 9.87. The van der Waals surface area contributed by atoms with Crippen LogP contribution in [0.2, 0.25) is 0 Å². The average molecular weight is 430 g/mol. The summed E-state index contributed by atoms with van der Waals surface area (Å²) < 4.78 is 26.0. The van der Waals surface area contributed by atoms with Crippen molar-refractivity contribution in [2.45, 2.75) is 30.7 Å². The van der Waals surface area contributed by atoms with Crippen LogP contribution in [0.5, 0.6) is 0 Å². The van der Waals surface area contributed by atoms with Gasteiger partial charge in [-0.2, -0.15) is 0 Å². The molecule has 2 aromatic rings. The van der Waals surface area contributed by atoms with Crippen LogP contribution in [0.15, 0.2) is 48.5 Å². The van der Waals surface area contributed by atoms with Crippen LogP contribution < -0.4 is 4.72 Å². The maximum absolute atomic E-state index is 13.1. The number of nitrogens with one attached hydrogen (secondary N) is 1. The Kier molecular flexibility index (Phi) is 5.81. The number of carbonyl (C=O) groups excluding carboxylic acids is 1. The summed E-state index contributed by atoms with van der Waals surface area (Å²) in [5.74, 6) is -0.0817. The van der Waals surface area contributed by atoms with Gasteiger partial charge in [0, 0.05) is 26.7 Å². The lowest BCUT2D eigenvalue weighted by atomic mass is 10.0. The molecule has 2 atom stereocenters. The highest BCUT2D eigenvalue weighted by Gasteiger charge is 2.29. The minimum Gasteiger partial charge on any atom is -0.392 e. The van der Waals surface area contributed by atoms with E-state index in [-0.39, 0.29) is 30.2 Å². The number of benzene rings is 2. The zero-order valence-corrected chi connectivity index (χ0v) is 17.8. The van der Waals surface area contributed by atoms with Crippen LogP contribution in [0, 0.1) is 0 Å². The average Bonchev–Trinajstić information content (AvgIpc) is 3.26. The third kappa shape index (κ3) is 4.66. The van der Waals surface area contributed by atoms with Crippen LogP contribution in [0.1, 0.15) is 29.2 Å². The van der Waals surface area contributed by atoms with E-state index in [1.165, 1.54) is 0 Å². The van der Waals surface area contributed by atoms with Crippen LogP contribution in [0.4, 0.5) is 5.69 Å². The topological polar surface area (TPSA) is 90.0 Å². The molecule has 160 valence electrons. The number of carbonyl (C=O) groups is 1. The molecule has 0 radical (unpaired) electrons. The first-order valence-corrected chi connectivity index (χ1v) is 11.8. The number of likely N-dealkylation sites (N-methyl/N-ethyl adjacent to an activating group) is 1. The third-order valence-electron chi connectivity index (χ3n) is 5.86. The van der Waals surface area contributed by atoms with Crippen LogP contribution in [-0.4, -0.2) is 62.0 Å². The molecule has 0 spiro atoms. The number of aliphatic hydroxyl groups excluding tert-OH is 1. The molecule has 2 aliphatic heterocycles. The highest BCUT2D eigenvalue weighted by molar-refractivity contribution is 7.92. The molecule has 2 N–H and O–H groups in total. The first kappa shape index (κ1) is 20.8. The largest absolute Gasteiger partial charge is 0.392 e. The number of amides is 1. The number of likely N-dealkylation sites (tertiary alicyclic amines) is 1. The summed E-state index contributed by atoms with van der Waals surface area (Å²) >= 11 is 0. The zero-order valence-electron chi connectivity index (χ0n) is 17.0. The fourth-order valence-electron chi connectivity index (χ4n) is 4.21. The number of rotatable bonds is 6. The van der Waals surface area contributed by atoms with Crippen molar-refractivity contribution in [3.8, 4) is 0 Å². The van der Waals surface area contributed by atoms with Gasteiger partial charge in [-0.15, -0.1) is 0 Å². The highest BCUT2D eigenvalue weighted by Crippen LogP contribution is 2.29. The fourth-order valence-corrected chi connectivity index (χ4v) is 5.46. The van der Waals surface area contributed by atoms with Crippen molar-refractivity contribution < 1.29 is 18.3 Å². The molecule has 30 heavy (non-hydrogen) atoms. The molecule has 0 aromatic heterocycles. The Labute approximate surface area is 177 Å². The minimum atomic E-state index is -3.31. The van der Waals surface area contributed by atoms with Crippen molar-refractivity contribution in [1.29, 1.82) is 0 Å². The summed E-state index contributed by atoms with van der Waals surface area (Å²) in [4.78, 5) is 17.1. The van der Waals surface area contributed by atoms with Gasteiger partial charge >= 0.3 is 0 Å². The minimum absolute atomic E-state index is 0.0302. The van der Waals surface area contributed by atoms with Crippen molar-refractivity contribution in [2.75, 3.05) is 31.4 Å². The molecule has 7 nitrogen and oxygen atoms in total. The molecule has 4 rings (SSSR count). The molecule has 0 saturated carbocycles. The van der Waals surface area contributed by atoms with Crippen molar-refractivity contribution in [3.63, 3.8) is 0 Å². The molecule has 8 heteroatoms. The molecule has 2 aromatic carbocycles. The Balaban J connectivity index is 1.50. The van der Waals surface area contributed by atoms with Crippen molar-refractivity contribution in [2.24, 2.45) is 0 Å². The molecule has 2 heterocycles. The van der Waals surface area contributed by atoms with E-state index in [1.54, 1.807) is 23.1 Å². The molecular formula is C22H27N3O4S. The van der Waals surface area contributed by atoms with E-state index < -0.39 is 10.0 Å². The van der Waals surface area contributed by atoms with Gasteiger partial charge in [0.1, 0.15) is 0 Å². The van der Waals surface area contributed by atoms with E-state index in [9.17, 15) is 18.3 Å². The number of hydrogen-bond donors (Lipinski definition) is 2. The smallest absolute Gasteiger partial charge is 0.237 e. The second-order valence-electron chi connectivity index (χ2n) is 8.16. The normalized spacial score (nSPS) is 21.1. The van der Waals surface area contributed by atoms with Crippen molar-refractivity contribution in [3.05, 3.63) is 65.2 Å². The summed E-state index contributed by atoms with van der Waals surface area (Å²) in [5.41, 5.74) is 3.15. The zero-order chi connectivity index (χ0) is 21.3. The van der Waals surface area contributed by atoms with Gasteiger partial charge in [0.05, 0.1) is 30.0 Å². The number of sulfonamides is 1. The lowest BCUT2D eigenvalue weighted by Gasteiger charge is -2.32. The van der Waals surface area contributed by atoms with Gasteiger partial charge in [0.15, 0.2) is 0 Å². The molecule has 2 aliphatic rings. The summed E-state index contributed by atoms with van der Waals surface area (Å²) in [6.07, 6.45) is 0.653. The number of hydrogen-bond acceptors (Lipinski definition) is 5. The molecule has 0 bridgehead atoms. The second kappa shape index (κ2) is 8.37. The maximum Gasteiger partial charge on any atom is 0.237 e. The number of β-amino-alcohol motifs (C(OH)–C–C–N with tert-alkyl or cyclic N) is 1. The SMILES string of the molecule is CN(C(=O)Cc1ccc2c(c1)CS(=O)(=O)N2)[C@H](CN1CC[C@@H](O)C1)c1ccccc1. The maximum atomic E-state index is 13.1. The van der Waals surface area contributed by atoms with E-state index >= 15 is 0 Å². The second-order valence-corrected chi connectivity index (χ2v) is 9.88. The quantitative estimate of drug-likeness (QED) is 0.730. The Morgan fingerprint density at radius 3 is 2.73 bits per heavy atom. The lowest BCUT2D eigenvalue weighted by molar-refractivity contribution is -0.131. The summed E-state index contributed by atoms with van der Waals surface area (Å²) in [7, 11) is -1.49. The molecule has 1 fully saturated rings. The van der Waals surface area contributed by atoms with Crippen LogP contribution in [0.3, 0.4) is 0 Å². The molecule has 1 saturated heterocycles. The predicted octanol–water partition coefficient (Wildman–Crippen LogP) is 1.75.